The number of ether oxygens (including phenoxy) is 2. The van der Waals surface area contributed by atoms with Gasteiger partial charge in [0.1, 0.15) is 11.5 Å². The molecule has 0 bridgehead atoms. The molecular weight excluding hydrogens is 326 g/mol. The molecule has 5 heteroatoms. The minimum Gasteiger partial charge on any atom is -0.496 e. The van der Waals surface area contributed by atoms with E-state index in [0.717, 1.165) is 58.5 Å². The van der Waals surface area contributed by atoms with Crippen LogP contribution in [0.1, 0.15) is 24.0 Å². The third kappa shape index (κ3) is 3.24. The first-order chi connectivity index (χ1) is 12.7. The first kappa shape index (κ1) is 17.8. The van der Waals surface area contributed by atoms with Crippen molar-refractivity contribution in [3.8, 4) is 28.8 Å². The van der Waals surface area contributed by atoms with Crippen LogP contribution in [0, 0.1) is 11.3 Å². The number of nitrogens with one attached hydrogen (secondary N) is 1. The molecule has 134 valence electrons. The van der Waals surface area contributed by atoms with Gasteiger partial charge in [-0.2, -0.15) is 5.26 Å². The largest absolute Gasteiger partial charge is 0.496 e. The molecule has 0 radical (unpaired) electrons. The van der Waals surface area contributed by atoms with E-state index in [1.54, 1.807) is 14.2 Å². The predicted molar refractivity (Wildman–Crippen MR) is 104 cm³/mol. The number of aromatic nitrogens is 1. The Labute approximate surface area is 153 Å². The van der Waals surface area contributed by atoms with Gasteiger partial charge in [0.2, 0.25) is 0 Å². The third-order valence-corrected chi connectivity index (χ3v) is 4.59. The standard InChI is InChI=1S/C21H23N3O2/c1-25-18-7-5-8-19(26-2)20(18)21-15(6-3-4-11-22)16-12-14(13-23)9-10-17(16)24-21/h5,7-10,12,24H,3-4,6,11,22H2,1-2H3. The highest BCUT2D eigenvalue weighted by Crippen LogP contribution is 2.42. The number of hydrogen-bond donors (Lipinski definition) is 2. The quantitative estimate of drug-likeness (QED) is 0.631. The Morgan fingerprint density at radius 2 is 1.81 bits per heavy atom. The molecule has 0 aliphatic heterocycles. The minimum absolute atomic E-state index is 0.648. The zero-order chi connectivity index (χ0) is 18.5. The molecule has 0 fully saturated rings. The van der Waals surface area contributed by atoms with Crippen LogP contribution >= 0.6 is 0 Å². The monoisotopic (exact) mass is 349 g/mol. The molecule has 0 saturated heterocycles. The van der Waals surface area contributed by atoms with Crippen LogP contribution in [0.2, 0.25) is 0 Å². The molecule has 1 heterocycles. The lowest BCUT2D eigenvalue weighted by atomic mass is 9.98. The van der Waals surface area contributed by atoms with Crippen LogP contribution in [0.15, 0.2) is 36.4 Å². The van der Waals surface area contributed by atoms with Gasteiger partial charge in [0.05, 0.1) is 37.1 Å². The van der Waals surface area contributed by atoms with Crippen LogP contribution in [0.4, 0.5) is 0 Å². The van der Waals surface area contributed by atoms with Crippen molar-refractivity contribution in [1.29, 1.82) is 5.26 Å². The van der Waals surface area contributed by atoms with E-state index in [-0.39, 0.29) is 0 Å². The number of fused-ring (bicyclic) bond motifs is 1. The topological polar surface area (TPSA) is 84.1 Å². The van der Waals surface area contributed by atoms with Gasteiger partial charge in [0.25, 0.3) is 0 Å². The number of unbranched alkanes of at least 4 members (excludes halogenated alkanes) is 1. The lowest BCUT2D eigenvalue weighted by molar-refractivity contribution is 0.397. The van der Waals surface area contributed by atoms with E-state index in [2.05, 4.69) is 11.1 Å². The van der Waals surface area contributed by atoms with Crippen molar-refractivity contribution in [2.75, 3.05) is 20.8 Å². The fourth-order valence-corrected chi connectivity index (χ4v) is 3.33. The van der Waals surface area contributed by atoms with E-state index in [4.69, 9.17) is 15.2 Å². The van der Waals surface area contributed by atoms with Crippen LogP contribution in [0.5, 0.6) is 11.5 Å². The molecule has 1 aromatic heterocycles. The number of nitrogens with zero attached hydrogens (tertiary/aromatic N) is 1. The Bertz CT molecular complexity index is 932. The number of rotatable bonds is 7. The second-order valence-corrected chi connectivity index (χ2v) is 6.13. The van der Waals surface area contributed by atoms with E-state index < -0.39 is 0 Å². The van der Waals surface area contributed by atoms with Crippen molar-refractivity contribution in [3.05, 3.63) is 47.5 Å². The van der Waals surface area contributed by atoms with Crippen molar-refractivity contribution < 1.29 is 9.47 Å². The van der Waals surface area contributed by atoms with E-state index >= 15 is 0 Å². The Morgan fingerprint density at radius 1 is 1.08 bits per heavy atom. The molecular formula is C21H23N3O2. The van der Waals surface area contributed by atoms with Crippen molar-refractivity contribution in [2.45, 2.75) is 19.3 Å². The molecule has 0 unspecified atom stereocenters. The van der Waals surface area contributed by atoms with Crippen LogP contribution in [-0.2, 0) is 6.42 Å². The summed E-state index contributed by atoms with van der Waals surface area (Å²) in [4.78, 5) is 3.51. The highest BCUT2D eigenvalue weighted by atomic mass is 16.5. The number of aryl methyl sites for hydroxylation is 1. The molecule has 3 rings (SSSR count). The van der Waals surface area contributed by atoms with Gasteiger partial charge < -0.3 is 20.2 Å². The normalized spacial score (nSPS) is 10.7. The highest BCUT2D eigenvalue weighted by Gasteiger charge is 2.20. The maximum absolute atomic E-state index is 9.27. The summed E-state index contributed by atoms with van der Waals surface area (Å²) in [5.74, 6) is 1.49. The fraction of sp³-hybridized carbons (Fsp3) is 0.286. The van der Waals surface area contributed by atoms with E-state index in [9.17, 15) is 5.26 Å². The van der Waals surface area contributed by atoms with Crippen molar-refractivity contribution in [2.24, 2.45) is 5.73 Å². The number of aromatic amines is 1. The van der Waals surface area contributed by atoms with Crippen LogP contribution in [0.3, 0.4) is 0 Å². The summed E-state index contributed by atoms with van der Waals surface area (Å²) >= 11 is 0. The van der Waals surface area contributed by atoms with Crippen LogP contribution < -0.4 is 15.2 Å². The molecule has 0 saturated carbocycles. The first-order valence-electron chi connectivity index (χ1n) is 8.69. The lowest BCUT2D eigenvalue weighted by Crippen LogP contribution is -2.00. The molecule has 5 nitrogen and oxygen atoms in total. The summed E-state index contributed by atoms with van der Waals surface area (Å²) in [5.41, 5.74) is 10.4. The Kier molecular flexibility index (Phi) is 5.45. The van der Waals surface area contributed by atoms with Gasteiger partial charge in [0, 0.05) is 10.9 Å². The summed E-state index contributed by atoms with van der Waals surface area (Å²) in [6, 6.07) is 13.7. The van der Waals surface area contributed by atoms with Gasteiger partial charge in [0.15, 0.2) is 0 Å². The van der Waals surface area contributed by atoms with E-state index in [1.165, 1.54) is 0 Å². The zero-order valence-corrected chi connectivity index (χ0v) is 15.1. The summed E-state index contributed by atoms with van der Waals surface area (Å²) in [6.07, 6.45) is 2.79. The summed E-state index contributed by atoms with van der Waals surface area (Å²) < 4.78 is 11.2. The average Bonchev–Trinajstić information content (AvgIpc) is 3.04. The van der Waals surface area contributed by atoms with Crippen molar-refractivity contribution in [1.82, 2.24) is 4.98 Å². The van der Waals surface area contributed by atoms with Crippen LogP contribution in [-0.4, -0.2) is 25.7 Å². The van der Waals surface area contributed by atoms with E-state index in [0.29, 0.717) is 12.1 Å². The van der Waals surface area contributed by atoms with Gasteiger partial charge in [-0.15, -0.1) is 0 Å². The number of benzene rings is 2. The Hall–Kier alpha value is -2.97. The highest BCUT2D eigenvalue weighted by molar-refractivity contribution is 5.94. The third-order valence-electron chi connectivity index (χ3n) is 4.59. The minimum atomic E-state index is 0.648. The Balaban J connectivity index is 2.25. The number of methoxy groups -OCH3 is 2. The number of hydrogen-bond acceptors (Lipinski definition) is 4. The molecule has 3 N–H and O–H groups in total. The summed E-state index contributed by atoms with van der Waals surface area (Å²) in [6.45, 7) is 0.666. The predicted octanol–water partition coefficient (Wildman–Crippen LogP) is 4.01. The maximum Gasteiger partial charge on any atom is 0.131 e. The fourth-order valence-electron chi connectivity index (χ4n) is 3.33. The molecule has 0 aliphatic rings. The molecule has 3 aromatic rings. The van der Waals surface area contributed by atoms with E-state index in [1.807, 2.05) is 36.4 Å². The second-order valence-electron chi connectivity index (χ2n) is 6.13. The number of nitriles is 1. The summed E-state index contributed by atoms with van der Waals surface area (Å²) in [5, 5.41) is 10.3. The first-order valence-corrected chi connectivity index (χ1v) is 8.69. The average molecular weight is 349 g/mol. The smallest absolute Gasteiger partial charge is 0.131 e. The lowest BCUT2D eigenvalue weighted by Gasteiger charge is -2.14. The molecule has 0 aliphatic carbocycles. The van der Waals surface area contributed by atoms with Gasteiger partial charge >= 0.3 is 0 Å². The molecule has 0 amide bonds. The number of H-pyrrole nitrogens is 1. The van der Waals surface area contributed by atoms with Gasteiger partial charge in [-0.05, 0) is 61.7 Å². The molecule has 26 heavy (non-hydrogen) atoms. The molecule has 0 spiro atoms. The number of nitrogens with two attached hydrogens (primary N) is 1. The zero-order valence-electron chi connectivity index (χ0n) is 15.1. The van der Waals surface area contributed by atoms with Crippen molar-refractivity contribution in [3.63, 3.8) is 0 Å². The Morgan fingerprint density at radius 3 is 2.42 bits per heavy atom. The van der Waals surface area contributed by atoms with Crippen LogP contribution in [0.25, 0.3) is 22.2 Å². The molecule has 0 atom stereocenters. The van der Waals surface area contributed by atoms with Crippen molar-refractivity contribution >= 4 is 10.9 Å². The maximum atomic E-state index is 9.27. The van der Waals surface area contributed by atoms with Gasteiger partial charge in [-0.3, -0.25) is 0 Å². The van der Waals surface area contributed by atoms with Gasteiger partial charge in [-0.25, -0.2) is 0 Å². The SMILES string of the molecule is COc1cccc(OC)c1-c1[nH]c2ccc(C#N)cc2c1CCCCN. The summed E-state index contributed by atoms with van der Waals surface area (Å²) in [7, 11) is 3.31. The van der Waals surface area contributed by atoms with Gasteiger partial charge in [-0.1, -0.05) is 6.07 Å². The second kappa shape index (κ2) is 7.94. The molecule has 2 aromatic carbocycles.